The zero-order valence-corrected chi connectivity index (χ0v) is 22.1. The summed E-state index contributed by atoms with van der Waals surface area (Å²) in [6.07, 6.45) is 2.31. The van der Waals surface area contributed by atoms with Gasteiger partial charge in [0.25, 0.3) is 0 Å². The van der Waals surface area contributed by atoms with E-state index in [0.717, 1.165) is 16.7 Å². The van der Waals surface area contributed by atoms with Crippen LogP contribution in [0.25, 0.3) is 0 Å². The molecule has 3 aromatic rings. The normalized spacial score (nSPS) is 17.1. The Kier molecular flexibility index (Phi) is 6.59. The van der Waals surface area contributed by atoms with Crippen LogP contribution in [-0.4, -0.2) is 48.9 Å². The van der Waals surface area contributed by atoms with Gasteiger partial charge in [-0.2, -0.15) is 0 Å². The van der Waals surface area contributed by atoms with Crippen molar-refractivity contribution in [1.29, 1.82) is 0 Å². The Hall–Kier alpha value is -2.37. The molecule has 0 N–H and O–H groups in total. The molecule has 0 amide bonds. The first-order valence-corrected chi connectivity index (χ1v) is 21.1. The molecule has 1 atom stereocenters. The van der Waals surface area contributed by atoms with Gasteiger partial charge in [-0.05, 0) is 0 Å². The number of hydrogen-bond acceptors (Lipinski definition) is 3. The first kappa shape index (κ1) is 22.8. The number of hydrogen-bond donors (Lipinski definition) is 0. The van der Waals surface area contributed by atoms with Gasteiger partial charge in [-0.3, -0.25) is 0 Å². The van der Waals surface area contributed by atoms with Gasteiger partial charge in [0, 0.05) is 0 Å². The second kappa shape index (κ2) is 9.24. The number of methoxy groups -OCH3 is 1. The van der Waals surface area contributed by atoms with Gasteiger partial charge in [-0.15, -0.1) is 0 Å². The van der Waals surface area contributed by atoms with Gasteiger partial charge in [0.15, 0.2) is 0 Å². The van der Waals surface area contributed by atoms with Crippen molar-refractivity contribution in [3.05, 3.63) is 117 Å². The van der Waals surface area contributed by atoms with Gasteiger partial charge in [0.05, 0.1) is 0 Å². The molecule has 3 aromatic carbocycles. The molecule has 0 spiro atoms. The molecule has 0 fully saturated rings. The molecule has 0 saturated carbocycles. The van der Waals surface area contributed by atoms with Crippen LogP contribution in [-0.2, 0) is 15.1 Å². The van der Waals surface area contributed by atoms with E-state index in [1.54, 1.807) is 0 Å². The predicted molar refractivity (Wildman–Crippen MR) is 133 cm³/mol. The van der Waals surface area contributed by atoms with Crippen molar-refractivity contribution in [1.82, 2.24) is 4.90 Å². The average Bonchev–Trinajstić information content (AvgIpc) is 3.27. The van der Waals surface area contributed by atoms with E-state index in [-0.39, 0.29) is 5.97 Å². The number of ether oxygens (including phenoxy) is 1. The average molecular weight is 532 g/mol. The van der Waals surface area contributed by atoms with Gasteiger partial charge in [0.1, 0.15) is 0 Å². The quantitative estimate of drug-likeness (QED) is 0.234. The fourth-order valence-electron chi connectivity index (χ4n) is 5.03. The van der Waals surface area contributed by atoms with Crippen LogP contribution in [0.5, 0.6) is 0 Å². The van der Waals surface area contributed by atoms with Crippen LogP contribution >= 0.6 is 0 Å². The standard InChI is InChI=1S/C25H22NO2.3CH3.Sn/c1-28-24(27)23-18-11-19-26(23)25(20-12-5-2-6-13-20,21-14-7-3-8-15-21)22-16-9-4-10-17-22;;;;/h2-17,23H,19H2,1H3;3*1H3;/t23-;;;;/m1..../s1. The molecule has 4 heteroatoms. The Morgan fingerprint density at radius 3 is 1.56 bits per heavy atom. The molecular formula is C28H31NO2Sn. The number of nitrogens with zero attached hydrogens (tertiary/aromatic N) is 1. The van der Waals surface area contributed by atoms with Gasteiger partial charge in [0.2, 0.25) is 0 Å². The summed E-state index contributed by atoms with van der Waals surface area (Å²) in [6, 6.07) is 31.3. The van der Waals surface area contributed by atoms with Gasteiger partial charge in [-0.25, -0.2) is 0 Å². The van der Waals surface area contributed by atoms with Gasteiger partial charge in [-0.1, -0.05) is 0 Å². The number of rotatable bonds is 6. The molecule has 1 aliphatic rings. The summed E-state index contributed by atoms with van der Waals surface area (Å²) < 4.78 is 6.71. The fraction of sp³-hybridized carbons (Fsp3) is 0.250. The minimum atomic E-state index is -2.59. The van der Waals surface area contributed by atoms with Crippen molar-refractivity contribution in [3.63, 3.8) is 0 Å². The number of esters is 1. The summed E-state index contributed by atoms with van der Waals surface area (Å²) in [4.78, 5) is 22.8. The summed E-state index contributed by atoms with van der Waals surface area (Å²) in [5.41, 5.74) is 2.80. The van der Waals surface area contributed by atoms with Crippen LogP contribution in [0.1, 0.15) is 16.7 Å². The Morgan fingerprint density at radius 1 is 0.812 bits per heavy atom. The molecule has 1 aliphatic heterocycles. The molecule has 4 rings (SSSR count). The van der Waals surface area contributed by atoms with Crippen LogP contribution < -0.4 is 0 Å². The van der Waals surface area contributed by atoms with Crippen LogP contribution in [0, 0.1) is 0 Å². The van der Waals surface area contributed by atoms with Crippen LogP contribution in [0.2, 0.25) is 14.8 Å². The van der Waals surface area contributed by atoms with Crippen molar-refractivity contribution in [2.45, 2.75) is 26.4 Å². The SMILES string of the molecule is COC(=O)[C@H]1[C]([Sn]([CH3])([CH3])[CH3])=CCN1C(c1ccccc1)(c1ccccc1)c1ccccc1. The molecule has 0 radical (unpaired) electrons. The maximum absolute atomic E-state index is 13.4. The second-order valence-electron chi connectivity index (χ2n) is 9.30. The van der Waals surface area contributed by atoms with Crippen molar-refractivity contribution in [3.8, 4) is 0 Å². The van der Waals surface area contributed by atoms with E-state index in [1.807, 2.05) is 18.2 Å². The van der Waals surface area contributed by atoms with Crippen molar-refractivity contribution in [2.24, 2.45) is 0 Å². The zero-order valence-electron chi connectivity index (χ0n) is 19.3. The molecule has 0 aromatic heterocycles. The van der Waals surface area contributed by atoms with E-state index in [1.165, 1.54) is 10.7 Å². The molecule has 0 unspecified atom stereocenters. The molecule has 32 heavy (non-hydrogen) atoms. The van der Waals surface area contributed by atoms with Crippen molar-refractivity contribution >= 4 is 24.3 Å². The molecule has 3 nitrogen and oxygen atoms in total. The summed E-state index contributed by atoms with van der Waals surface area (Å²) >= 11 is -2.59. The summed E-state index contributed by atoms with van der Waals surface area (Å²) in [5, 5.41) is 0. The van der Waals surface area contributed by atoms with Gasteiger partial charge < -0.3 is 0 Å². The molecule has 0 bridgehead atoms. The number of carbonyl (C=O) groups is 1. The van der Waals surface area contributed by atoms with Crippen LogP contribution in [0.3, 0.4) is 0 Å². The predicted octanol–water partition coefficient (Wildman–Crippen LogP) is 5.64. The van der Waals surface area contributed by atoms with E-state index in [0.29, 0.717) is 6.54 Å². The molecule has 1 heterocycles. The first-order chi connectivity index (χ1) is 15.4. The van der Waals surface area contributed by atoms with Gasteiger partial charge >= 0.3 is 196 Å². The Bertz CT molecular complexity index is 992. The van der Waals surface area contributed by atoms with Crippen LogP contribution in [0.4, 0.5) is 0 Å². The third-order valence-corrected chi connectivity index (χ3v) is 12.7. The van der Waals surface area contributed by atoms with Crippen molar-refractivity contribution in [2.75, 3.05) is 13.7 Å². The first-order valence-electron chi connectivity index (χ1n) is 11.1. The third-order valence-electron chi connectivity index (χ3n) is 6.41. The van der Waals surface area contributed by atoms with E-state index in [2.05, 4.69) is 98.6 Å². The number of benzene rings is 3. The zero-order chi connectivity index (χ0) is 22.8. The van der Waals surface area contributed by atoms with E-state index in [4.69, 9.17) is 4.74 Å². The summed E-state index contributed by atoms with van der Waals surface area (Å²) in [5.74, 6) is -0.174. The number of carbonyl (C=O) groups excluding carboxylic acids is 1. The Morgan fingerprint density at radius 2 is 1.22 bits per heavy atom. The topological polar surface area (TPSA) is 29.5 Å². The second-order valence-corrected chi connectivity index (χ2v) is 23.8. The monoisotopic (exact) mass is 533 g/mol. The summed E-state index contributed by atoms with van der Waals surface area (Å²) in [7, 11) is 1.50. The Labute approximate surface area is 195 Å². The fourth-order valence-corrected chi connectivity index (χ4v) is 10.2. The minimum absolute atomic E-state index is 0.174. The van der Waals surface area contributed by atoms with Crippen LogP contribution in [0.15, 0.2) is 101 Å². The van der Waals surface area contributed by atoms with Crippen molar-refractivity contribution < 1.29 is 9.53 Å². The maximum atomic E-state index is 13.4. The van der Waals surface area contributed by atoms with E-state index < -0.39 is 30.0 Å². The molecular weight excluding hydrogens is 501 g/mol. The molecule has 0 saturated heterocycles. The Balaban J connectivity index is 2.05. The summed E-state index contributed by atoms with van der Waals surface area (Å²) in [6.45, 7) is 0.696. The van der Waals surface area contributed by atoms with E-state index in [9.17, 15) is 4.79 Å². The van der Waals surface area contributed by atoms with E-state index >= 15 is 0 Å². The molecule has 164 valence electrons. The molecule has 0 aliphatic carbocycles. The third kappa shape index (κ3) is 3.93.